The first kappa shape index (κ1) is 13.0. The first-order valence-electron chi connectivity index (χ1n) is 6.11. The first-order chi connectivity index (χ1) is 10.0. The smallest absolute Gasteiger partial charge is 0.252 e. The monoisotopic (exact) mass is 288 g/mol. The summed E-state index contributed by atoms with van der Waals surface area (Å²) in [5.41, 5.74) is 5.63. The number of nitrogens with zero attached hydrogens (tertiary/aromatic N) is 6. The van der Waals surface area contributed by atoms with Gasteiger partial charge < -0.3 is 11.1 Å². The summed E-state index contributed by atoms with van der Waals surface area (Å²) < 4.78 is 1.55. The van der Waals surface area contributed by atoms with Gasteiger partial charge in [-0.1, -0.05) is 0 Å². The molecule has 2 aromatic heterocycles. The molecule has 1 fully saturated rings. The van der Waals surface area contributed by atoms with E-state index in [0.29, 0.717) is 0 Å². The van der Waals surface area contributed by atoms with Gasteiger partial charge >= 0.3 is 0 Å². The van der Waals surface area contributed by atoms with E-state index in [1.807, 2.05) is 0 Å². The van der Waals surface area contributed by atoms with Crippen molar-refractivity contribution in [3.05, 3.63) is 18.7 Å². The molecule has 3 rings (SSSR count). The number of anilines is 2. The highest BCUT2D eigenvalue weighted by molar-refractivity contribution is 6.06. The Balaban J connectivity index is 1.86. The van der Waals surface area contributed by atoms with E-state index in [1.165, 1.54) is 13.4 Å². The molecule has 1 atom stereocenters. The lowest BCUT2D eigenvalue weighted by Gasteiger charge is -2.11. The molecule has 0 spiro atoms. The third-order valence-electron chi connectivity index (χ3n) is 3.06. The number of carbonyl (C=O) groups excluding carboxylic acids is 2. The van der Waals surface area contributed by atoms with Crippen molar-refractivity contribution in [3.8, 4) is 5.95 Å². The van der Waals surface area contributed by atoms with Crippen LogP contribution in [0.3, 0.4) is 0 Å². The zero-order valence-corrected chi connectivity index (χ0v) is 11.1. The van der Waals surface area contributed by atoms with E-state index in [1.54, 1.807) is 17.0 Å². The third kappa shape index (κ3) is 2.38. The Hall–Kier alpha value is -3.04. The molecule has 10 heteroatoms. The van der Waals surface area contributed by atoms with Crippen molar-refractivity contribution in [2.24, 2.45) is 0 Å². The van der Waals surface area contributed by atoms with Crippen LogP contribution in [0.1, 0.15) is 6.42 Å². The van der Waals surface area contributed by atoms with E-state index in [9.17, 15) is 9.59 Å². The van der Waals surface area contributed by atoms with Crippen LogP contribution in [-0.4, -0.2) is 54.3 Å². The molecule has 1 unspecified atom stereocenters. The van der Waals surface area contributed by atoms with Crippen molar-refractivity contribution >= 4 is 23.7 Å². The second-order valence-electron chi connectivity index (χ2n) is 4.48. The topological polar surface area (TPSA) is 132 Å². The van der Waals surface area contributed by atoms with Crippen molar-refractivity contribution in [3.63, 3.8) is 0 Å². The number of nitrogen functional groups attached to an aromatic ring is 1. The minimum Gasteiger partial charge on any atom is -0.368 e. The van der Waals surface area contributed by atoms with Gasteiger partial charge in [0.2, 0.25) is 23.8 Å². The van der Waals surface area contributed by atoms with E-state index < -0.39 is 6.04 Å². The fourth-order valence-corrected chi connectivity index (χ4v) is 1.96. The van der Waals surface area contributed by atoms with Crippen LogP contribution in [0, 0.1) is 0 Å². The number of imide groups is 1. The Morgan fingerprint density at radius 1 is 1.33 bits per heavy atom. The fraction of sp³-hybridized carbons (Fsp3) is 0.273. The van der Waals surface area contributed by atoms with E-state index in [2.05, 4.69) is 25.3 Å². The van der Waals surface area contributed by atoms with Gasteiger partial charge in [0, 0.05) is 19.4 Å². The lowest BCUT2D eigenvalue weighted by Crippen LogP contribution is -2.32. The van der Waals surface area contributed by atoms with E-state index >= 15 is 0 Å². The zero-order valence-electron chi connectivity index (χ0n) is 11.1. The molecule has 0 bridgehead atoms. The quantitative estimate of drug-likeness (QED) is 0.674. The van der Waals surface area contributed by atoms with Gasteiger partial charge in [-0.25, -0.2) is 4.98 Å². The van der Waals surface area contributed by atoms with Crippen LogP contribution in [-0.2, 0) is 9.59 Å². The van der Waals surface area contributed by atoms with Gasteiger partial charge in [-0.15, -0.1) is 0 Å². The maximum Gasteiger partial charge on any atom is 0.252 e. The average molecular weight is 288 g/mol. The van der Waals surface area contributed by atoms with Gasteiger partial charge in [-0.3, -0.25) is 19.1 Å². The van der Waals surface area contributed by atoms with Gasteiger partial charge in [0.1, 0.15) is 12.4 Å². The number of aromatic nitrogens is 5. The standard InChI is InChI=1S/C11H12N8O2/c1-18-7(20)4-6(8(18)21)14-10-15-9(12)16-11(17-10)19-3-2-13-5-19/h2-3,5-6H,4H2,1H3,(H3,12,14,15,16,17). The summed E-state index contributed by atoms with van der Waals surface area (Å²) in [5, 5.41) is 2.81. The Labute approximate surface area is 119 Å². The normalized spacial score (nSPS) is 18.3. The van der Waals surface area contributed by atoms with Crippen molar-refractivity contribution in [1.82, 2.24) is 29.4 Å². The van der Waals surface area contributed by atoms with Gasteiger partial charge in [-0.2, -0.15) is 15.0 Å². The molecule has 1 saturated heterocycles. The molecule has 1 aliphatic rings. The van der Waals surface area contributed by atoms with Gasteiger partial charge in [-0.05, 0) is 0 Å². The number of nitrogens with two attached hydrogens (primary N) is 1. The summed E-state index contributed by atoms with van der Waals surface area (Å²) in [7, 11) is 1.44. The predicted octanol–water partition coefficient (Wildman–Crippen LogP) is -1.19. The second kappa shape index (κ2) is 4.81. The number of hydrogen-bond acceptors (Lipinski definition) is 8. The zero-order chi connectivity index (χ0) is 15.0. The minimum absolute atomic E-state index is 0.00123. The number of imidazole rings is 1. The van der Waals surface area contributed by atoms with Crippen molar-refractivity contribution in [1.29, 1.82) is 0 Å². The molecule has 0 saturated carbocycles. The number of likely N-dealkylation sites (N-methyl/N-ethyl adjacent to an activating group) is 1. The predicted molar refractivity (Wildman–Crippen MR) is 71.2 cm³/mol. The molecule has 0 aliphatic carbocycles. The molecular formula is C11H12N8O2. The van der Waals surface area contributed by atoms with Crippen molar-refractivity contribution in [2.45, 2.75) is 12.5 Å². The summed E-state index contributed by atoms with van der Waals surface area (Å²) >= 11 is 0. The van der Waals surface area contributed by atoms with Crippen molar-refractivity contribution < 1.29 is 9.59 Å². The van der Waals surface area contributed by atoms with Gasteiger partial charge in [0.05, 0.1) is 6.42 Å². The first-order valence-corrected chi connectivity index (χ1v) is 6.11. The summed E-state index contributed by atoms with van der Waals surface area (Å²) in [6.07, 6.45) is 4.79. The molecule has 0 aromatic carbocycles. The molecule has 108 valence electrons. The molecule has 2 amide bonds. The van der Waals surface area contributed by atoms with Crippen molar-refractivity contribution in [2.75, 3.05) is 18.1 Å². The number of carbonyl (C=O) groups is 2. The Morgan fingerprint density at radius 2 is 2.14 bits per heavy atom. The Kier molecular flexibility index (Phi) is 2.97. The van der Waals surface area contributed by atoms with Crippen LogP contribution in [0.4, 0.5) is 11.9 Å². The largest absolute Gasteiger partial charge is 0.368 e. The molecule has 3 N–H and O–H groups in total. The van der Waals surface area contributed by atoms with E-state index in [4.69, 9.17) is 5.73 Å². The lowest BCUT2D eigenvalue weighted by atomic mass is 10.2. The summed E-state index contributed by atoms with van der Waals surface area (Å²) in [5.74, 6) is -0.181. The summed E-state index contributed by atoms with van der Waals surface area (Å²) in [6, 6.07) is -0.695. The van der Waals surface area contributed by atoms with Gasteiger partial charge in [0.25, 0.3) is 5.91 Å². The van der Waals surface area contributed by atoms with Crippen LogP contribution >= 0.6 is 0 Å². The second-order valence-corrected chi connectivity index (χ2v) is 4.48. The fourth-order valence-electron chi connectivity index (χ4n) is 1.96. The van der Waals surface area contributed by atoms with Crippen LogP contribution in [0.2, 0.25) is 0 Å². The number of amides is 2. The minimum atomic E-state index is -0.695. The van der Waals surface area contributed by atoms with Gasteiger partial charge in [0.15, 0.2) is 0 Å². The molecule has 2 aromatic rings. The highest BCUT2D eigenvalue weighted by atomic mass is 16.2. The van der Waals surface area contributed by atoms with Crippen LogP contribution in [0.5, 0.6) is 0 Å². The lowest BCUT2D eigenvalue weighted by molar-refractivity contribution is -0.136. The molecule has 0 radical (unpaired) electrons. The molecular weight excluding hydrogens is 276 g/mol. The van der Waals surface area contributed by atoms with Crippen LogP contribution in [0.15, 0.2) is 18.7 Å². The molecule has 21 heavy (non-hydrogen) atoms. The Morgan fingerprint density at radius 3 is 2.76 bits per heavy atom. The number of nitrogens with one attached hydrogen (secondary N) is 1. The summed E-state index contributed by atoms with van der Waals surface area (Å²) in [6.45, 7) is 0. The average Bonchev–Trinajstić information content (AvgIpc) is 3.05. The third-order valence-corrected chi connectivity index (χ3v) is 3.06. The Bertz CT molecular complexity index is 698. The number of hydrogen-bond donors (Lipinski definition) is 2. The summed E-state index contributed by atoms with van der Waals surface area (Å²) in [4.78, 5) is 40.3. The maximum absolute atomic E-state index is 11.8. The molecule has 10 nitrogen and oxygen atoms in total. The highest BCUT2D eigenvalue weighted by Crippen LogP contribution is 2.15. The number of rotatable bonds is 3. The maximum atomic E-state index is 11.8. The number of likely N-dealkylation sites (tertiary alicyclic amines) is 1. The van der Waals surface area contributed by atoms with Crippen LogP contribution in [0.25, 0.3) is 5.95 Å². The molecule has 3 heterocycles. The SMILES string of the molecule is CN1C(=O)CC(Nc2nc(N)nc(-n3ccnc3)n2)C1=O. The van der Waals surface area contributed by atoms with E-state index in [0.717, 1.165) is 4.90 Å². The molecule has 1 aliphatic heterocycles. The van der Waals surface area contributed by atoms with E-state index in [-0.39, 0.29) is 36.1 Å². The van der Waals surface area contributed by atoms with Crippen LogP contribution < -0.4 is 11.1 Å². The highest BCUT2D eigenvalue weighted by Gasteiger charge is 2.36.